The Balaban J connectivity index is 2.32. The van der Waals surface area contributed by atoms with Crippen molar-refractivity contribution in [3.63, 3.8) is 0 Å². The summed E-state index contributed by atoms with van der Waals surface area (Å²) in [5.41, 5.74) is 1.98. The molecular formula is C8H11N3O2. The maximum Gasteiger partial charge on any atom is 0.407 e. The SMILES string of the molecule is C[C@@H]1c2c[nH]nc2CCN1C(=O)O. The first-order valence-electron chi connectivity index (χ1n) is 4.22. The second-order valence-corrected chi connectivity index (χ2v) is 3.19. The Hall–Kier alpha value is -1.52. The molecule has 0 bridgehead atoms. The summed E-state index contributed by atoms with van der Waals surface area (Å²) in [5.74, 6) is 0. The van der Waals surface area contributed by atoms with Gasteiger partial charge < -0.3 is 10.0 Å². The third kappa shape index (κ3) is 1.16. The van der Waals surface area contributed by atoms with Gasteiger partial charge in [-0.15, -0.1) is 0 Å². The highest BCUT2D eigenvalue weighted by Gasteiger charge is 2.28. The third-order valence-electron chi connectivity index (χ3n) is 2.51. The molecule has 0 unspecified atom stereocenters. The van der Waals surface area contributed by atoms with Crippen LogP contribution in [0.15, 0.2) is 6.20 Å². The molecule has 2 rings (SSSR count). The lowest BCUT2D eigenvalue weighted by molar-refractivity contribution is 0.124. The van der Waals surface area contributed by atoms with E-state index in [1.807, 2.05) is 6.92 Å². The summed E-state index contributed by atoms with van der Waals surface area (Å²) in [6.45, 7) is 2.41. The fourth-order valence-corrected chi connectivity index (χ4v) is 1.74. The Morgan fingerprint density at radius 2 is 2.62 bits per heavy atom. The van der Waals surface area contributed by atoms with E-state index >= 15 is 0 Å². The minimum absolute atomic E-state index is 0.0833. The second kappa shape index (κ2) is 2.76. The van der Waals surface area contributed by atoms with Gasteiger partial charge in [-0.3, -0.25) is 5.10 Å². The molecule has 1 amide bonds. The summed E-state index contributed by atoms with van der Waals surface area (Å²) in [6.07, 6.45) is 1.62. The smallest absolute Gasteiger partial charge is 0.407 e. The van der Waals surface area contributed by atoms with Gasteiger partial charge in [0.1, 0.15) is 0 Å². The van der Waals surface area contributed by atoms with Crippen molar-refractivity contribution in [3.05, 3.63) is 17.5 Å². The monoisotopic (exact) mass is 181 g/mol. The predicted octanol–water partition coefficient (Wildman–Crippen LogP) is 1.01. The zero-order valence-corrected chi connectivity index (χ0v) is 7.32. The van der Waals surface area contributed by atoms with Gasteiger partial charge in [0.2, 0.25) is 0 Å². The number of carbonyl (C=O) groups is 1. The van der Waals surface area contributed by atoms with E-state index in [1.54, 1.807) is 6.20 Å². The third-order valence-corrected chi connectivity index (χ3v) is 2.51. The molecule has 0 aliphatic carbocycles. The van der Waals surface area contributed by atoms with Crippen molar-refractivity contribution in [2.45, 2.75) is 19.4 Å². The normalized spacial score (nSPS) is 21.3. The summed E-state index contributed by atoms with van der Waals surface area (Å²) >= 11 is 0. The zero-order chi connectivity index (χ0) is 9.42. The van der Waals surface area contributed by atoms with Crippen molar-refractivity contribution in [1.82, 2.24) is 15.1 Å². The maximum absolute atomic E-state index is 10.8. The van der Waals surface area contributed by atoms with Crippen LogP contribution in [0, 0.1) is 0 Å². The lowest BCUT2D eigenvalue weighted by atomic mass is 10.0. The van der Waals surface area contributed by atoms with Gasteiger partial charge in [0.25, 0.3) is 0 Å². The summed E-state index contributed by atoms with van der Waals surface area (Å²) in [7, 11) is 0. The minimum atomic E-state index is -0.862. The molecule has 5 nitrogen and oxygen atoms in total. The summed E-state index contributed by atoms with van der Waals surface area (Å²) in [5, 5.41) is 15.7. The Bertz CT molecular complexity index is 334. The average Bonchev–Trinajstić information content (AvgIpc) is 2.52. The quantitative estimate of drug-likeness (QED) is 0.627. The number of amides is 1. The van der Waals surface area contributed by atoms with Crippen LogP contribution in [0.3, 0.4) is 0 Å². The number of fused-ring (bicyclic) bond motifs is 1. The Morgan fingerprint density at radius 1 is 1.85 bits per heavy atom. The zero-order valence-electron chi connectivity index (χ0n) is 7.32. The number of aromatic nitrogens is 2. The Labute approximate surface area is 75.4 Å². The molecule has 70 valence electrons. The first-order valence-corrected chi connectivity index (χ1v) is 4.22. The van der Waals surface area contributed by atoms with E-state index in [4.69, 9.17) is 5.11 Å². The van der Waals surface area contributed by atoms with Crippen molar-refractivity contribution < 1.29 is 9.90 Å². The molecule has 0 saturated carbocycles. The molecule has 0 radical (unpaired) electrons. The molecule has 1 aromatic heterocycles. The number of hydrogen-bond acceptors (Lipinski definition) is 2. The van der Waals surface area contributed by atoms with E-state index in [0.29, 0.717) is 13.0 Å². The predicted molar refractivity (Wildman–Crippen MR) is 45.4 cm³/mol. The Morgan fingerprint density at radius 3 is 3.31 bits per heavy atom. The molecule has 1 aliphatic rings. The van der Waals surface area contributed by atoms with Crippen LogP contribution in [0.25, 0.3) is 0 Å². The van der Waals surface area contributed by atoms with Gasteiger partial charge in [-0.2, -0.15) is 5.10 Å². The lowest BCUT2D eigenvalue weighted by Crippen LogP contribution is -2.37. The topological polar surface area (TPSA) is 69.2 Å². The van der Waals surface area contributed by atoms with Gasteiger partial charge in [-0.25, -0.2) is 4.79 Å². The van der Waals surface area contributed by atoms with Crippen molar-refractivity contribution in [2.24, 2.45) is 0 Å². The van der Waals surface area contributed by atoms with Crippen molar-refractivity contribution >= 4 is 6.09 Å². The number of rotatable bonds is 0. The number of hydrogen-bond donors (Lipinski definition) is 2. The van der Waals surface area contributed by atoms with E-state index in [2.05, 4.69) is 10.2 Å². The van der Waals surface area contributed by atoms with E-state index in [1.165, 1.54) is 4.90 Å². The van der Waals surface area contributed by atoms with Crippen molar-refractivity contribution in [1.29, 1.82) is 0 Å². The van der Waals surface area contributed by atoms with Gasteiger partial charge >= 0.3 is 6.09 Å². The molecule has 2 heterocycles. The molecule has 13 heavy (non-hydrogen) atoms. The molecule has 0 fully saturated rings. The van der Waals surface area contributed by atoms with Gasteiger partial charge in [-0.1, -0.05) is 0 Å². The fourth-order valence-electron chi connectivity index (χ4n) is 1.74. The first kappa shape index (κ1) is 8.10. The van der Waals surface area contributed by atoms with E-state index < -0.39 is 6.09 Å². The van der Waals surface area contributed by atoms with E-state index in [9.17, 15) is 4.79 Å². The Kier molecular flexibility index (Phi) is 1.72. The molecule has 0 spiro atoms. The highest BCUT2D eigenvalue weighted by Crippen LogP contribution is 2.27. The van der Waals surface area contributed by atoms with Gasteiger partial charge in [-0.05, 0) is 6.92 Å². The maximum atomic E-state index is 10.8. The van der Waals surface area contributed by atoms with Crippen molar-refractivity contribution in [2.75, 3.05) is 6.54 Å². The van der Waals surface area contributed by atoms with Crippen LogP contribution >= 0.6 is 0 Å². The molecule has 0 saturated heterocycles. The van der Waals surface area contributed by atoms with Crippen LogP contribution in [-0.2, 0) is 6.42 Å². The largest absolute Gasteiger partial charge is 0.465 e. The molecular weight excluding hydrogens is 170 g/mol. The first-order chi connectivity index (χ1) is 6.20. The van der Waals surface area contributed by atoms with E-state index in [-0.39, 0.29) is 6.04 Å². The molecule has 1 aromatic rings. The highest BCUT2D eigenvalue weighted by atomic mass is 16.4. The summed E-state index contributed by atoms with van der Waals surface area (Å²) in [6, 6.07) is -0.0833. The van der Waals surface area contributed by atoms with Crippen LogP contribution in [0.2, 0.25) is 0 Å². The standard InChI is InChI=1S/C8H11N3O2/c1-5-6-4-9-10-7(6)2-3-11(5)8(12)13/h4-5H,2-3H2,1H3,(H,9,10)(H,12,13)/t5-/m1/s1. The van der Waals surface area contributed by atoms with Gasteiger partial charge in [0, 0.05) is 24.7 Å². The van der Waals surface area contributed by atoms with Gasteiger partial charge in [0.05, 0.1) is 11.7 Å². The van der Waals surface area contributed by atoms with Crippen molar-refractivity contribution in [3.8, 4) is 0 Å². The molecule has 0 aromatic carbocycles. The number of carboxylic acid groups (broad SMARTS) is 1. The second-order valence-electron chi connectivity index (χ2n) is 3.19. The van der Waals surface area contributed by atoms with Crippen LogP contribution in [0.4, 0.5) is 4.79 Å². The fraction of sp³-hybridized carbons (Fsp3) is 0.500. The van der Waals surface area contributed by atoms with Crippen LogP contribution in [-0.4, -0.2) is 32.8 Å². The number of nitrogens with zero attached hydrogens (tertiary/aromatic N) is 2. The lowest BCUT2D eigenvalue weighted by Gasteiger charge is -2.30. The van der Waals surface area contributed by atoms with E-state index in [0.717, 1.165) is 11.3 Å². The van der Waals surface area contributed by atoms with Crippen LogP contribution in [0.5, 0.6) is 0 Å². The van der Waals surface area contributed by atoms with Gasteiger partial charge in [0.15, 0.2) is 0 Å². The molecule has 2 N–H and O–H groups in total. The molecule has 5 heteroatoms. The number of nitrogens with one attached hydrogen (secondary N) is 1. The summed E-state index contributed by atoms with van der Waals surface area (Å²) < 4.78 is 0. The molecule has 1 aliphatic heterocycles. The summed E-state index contributed by atoms with van der Waals surface area (Å²) in [4.78, 5) is 12.2. The molecule has 1 atom stereocenters. The highest BCUT2D eigenvalue weighted by molar-refractivity contribution is 5.66. The average molecular weight is 181 g/mol. The number of aromatic amines is 1. The van der Waals surface area contributed by atoms with Crippen LogP contribution in [0.1, 0.15) is 24.2 Å². The number of H-pyrrole nitrogens is 1. The minimum Gasteiger partial charge on any atom is -0.465 e. The van der Waals surface area contributed by atoms with Crippen LogP contribution < -0.4 is 0 Å².